The lowest BCUT2D eigenvalue weighted by Crippen LogP contribution is -2.54. The third kappa shape index (κ3) is 1.56. The second-order valence-corrected chi connectivity index (χ2v) is 6.42. The Morgan fingerprint density at radius 1 is 1.59 bits per heavy atom. The summed E-state index contributed by atoms with van der Waals surface area (Å²) in [5.74, 6) is 1.18. The fraction of sp³-hybridized carbons (Fsp3) is 0.583. The van der Waals surface area contributed by atoms with E-state index in [1.165, 1.54) is 11.3 Å². The Labute approximate surface area is 109 Å². The Bertz CT molecular complexity index is 439. The molecular formula is C12H15NO2S2. The number of rotatable bonds is 4. The first-order chi connectivity index (χ1) is 8.29. The molecule has 0 saturated carbocycles. The van der Waals surface area contributed by atoms with Gasteiger partial charge in [0, 0.05) is 10.6 Å². The molecule has 5 heteroatoms. The van der Waals surface area contributed by atoms with E-state index in [-0.39, 0.29) is 11.4 Å². The Balaban J connectivity index is 1.85. The zero-order valence-electron chi connectivity index (χ0n) is 9.77. The van der Waals surface area contributed by atoms with Gasteiger partial charge in [0.2, 0.25) is 0 Å². The van der Waals surface area contributed by atoms with Crippen molar-refractivity contribution in [1.29, 1.82) is 0 Å². The summed E-state index contributed by atoms with van der Waals surface area (Å²) in [6, 6.07) is 1.95. The molecule has 1 fully saturated rings. The number of fused-ring (bicyclic) bond motifs is 2. The van der Waals surface area contributed by atoms with Crippen molar-refractivity contribution >= 4 is 29.2 Å². The summed E-state index contributed by atoms with van der Waals surface area (Å²) < 4.78 is 7.34. The molecule has 3 nitrogen and oxygen atoms in total. The molecule has 0 aromatic carbocycles. The summed E-state index contributed by atoms with van der Waals surface area (Å²) >= 11 is 3.36. The molecule has 1 saturated heterocycles. The van der Waals surface area contributed by atoms with Crippen LogP contribution in [0.2, 0.25) is 0 Å². The van der Waals surface area contributed by atoms with E-state index < -0.39 is 0 Å². The molecule has 2 aliphatic heterocycles. The molecule has 17 heavy (non-hydrogen) atoms. The first-order valence-electron chi connectivity index (χ1n) is 5.93. The number of hydrogen-bond donors (Lipinski definition) is 0. The van der Waals surface area contributed by atoms with Crippen molar-refractivity contribution in [3.05, 3.63) is 21.9 Å². The van der Waals surface area contributed by atoms with Crippen LogP contribution < -0.4 is 0 Å². The number of unbranched alkanes of at least 4 members (excludes halogenated alkanes) is 1. The Morgan fingerprint density at radius 2 is 2.41 bits per heavy atom. The van der Waals surface area contributed by atoms with Gasteiger partial charge >= 0.3 is 0 Å². The maximum absolute atomic E-state index is 12.3. The highest BCUT2D eigenvalue weighted by Crippen LogP contribution is 2.50. The van der Waals surface area contributed by atoms with E-state index in [2.05, 4.69) is 6.92 Å². The molecule has 0 aliphatic carbocycles. The highest BCUT2D eigenvalue weighted by Gasteiger charge is 2.56. The number of carbonyl (C=O) groups excluding carboxylic acids is 1. The molecule has 92 valence electrons. The fourth-order valence-corrected chi connectivity index (χ4v) is 4.63. The van der Waals surface area contributed by atoms with E-state index in [1.807, 2.05) is 15.8 Å². The van der Waals surface area contributed by atoms with E-state index in [1.54, 1.807) is 23.3 Å². The molecule has 2 aliphatic rings. The fourth-order valence-electron chi connectivity index (χ4n) is 2.26. The van der Waals surface area contributed by atoms with Crippen LogP contribution in [0.15, 0.2) is 11.4 Å². The van der Waals surface area contributed by atoms with Crippen LogP contribution in [0.3, 0.4) is 0 Å². The Hall–Kier alpha value is -0.520. The Kier molecular flexibility index (Phi) is 2.92. The van der Waals surface area contributed by atoms with Crippen LogP contribution in [0.25, 0.3) is 0 Å². The van der Waals surface area contributed by atoms with Gasteiger partial charge in [-0.05, 0) is 29.8 Å². The maximum Gasteiger partial charge on any atom is 0.265 e. The second-order valence-electron chi connectivity index (χ2n) is 4.47. The highest BCUT2D eigenvalue weighted by atomic mass is 32.2. The van der Waals surface area contributed by atoms with Gasteiger partial charge in [-0.25, -0.2) is 0 Å². The van der Waals surface area contributed by atoms with Crippen LogP contribution in [-0.4, -0.2) is 29.2 Å². The number of thiophene rings is 1. The predicted octanol–water partition coefficient (Wildman–Crippen LogP) is 2.88. The van der Waals surface area contributed by atoms with Gasteiger partial charge in [-0.3, -0.25) is 9.10 Å². The number of amides is 1. The smallest absolute Gasteiger partial charge is 0.265 e. The molecule has 0 bridgehead atoms. The third-order valence-electron chi connectivity index (χ3n) is 3.29. The largest absolute Gasteiger partial charge is 0.376 e. The molecule has 1 amide bonds. The first-order valence-corrected chi connectivity index (χ1v) is 7.75. The molecule has 3 heterocycles. The van der Waals surface area contributed by atoms with E-state index in [0.29, 0.717) is 13.2 Å². The summed E-state index contributed by atoms with van der Waals surface area (Å²) in [6.07, 6.45) is 2.32. The van der Waals surface area contributed by atoms with Gasteiger partial charge in [0.15, 0.2) is 0 Å². The third-order valence-corrected chi connectivity index (χ3v) is 5.64. The number of carbonyl (C=O) groups is 1. The van der Waals surface area contributed by atoms with Gasteiger partial charge in [0.1, 0.15) is 5.54 Å². The average Bonchev–Trinajstić information content (AvgIpc) is 2.81. The molecule has 0 atom stereocenters. The van der Waals surface area contributed by atoms with Crippen LogP contribution in [0.1, 0.15) is 35.0 Å². The molecule has 1 aromatic rings. The SMILES string of the molecule is CCCCSN1C(=O)c2ccsc2C12COC2. The van der Waals surface area contributed by atoms with Gasteiger partial charge in [0.25, 0.3) is 5.91 Å². The van der Waals surface area contributed by atoms with Crippen LogP contribution >= 0.6 is 23.3 Å². The topological polar surface area (TPSA) is 29.5 Å². The van der Waals surface area contributed by atoms with E-state index in [4.69, 9.17) is 4.74 Å². The van der Waals surface area contributed by atoms with Crippen molar-refractivity contribution in [1.82, 2.24) is 4.31 Å². The molecular weight excluding hydrogens is 254 g/mol. The van der Waals surface area contributed by atoms with Crippen molar-refractivity contribution in [2.24, 2.45) is 0 Å². The van der Waals surface area contributed by atoms with Crippen LogP contribution in [0.4, 0.5) is 0 Å². The van der Waals surface area contributed by atoms with Crippen molar-refractivity contribution in [2.45, 2.75) is 25.3 Å². The first kappa shape index (κ1) is 11.6. The maximum atomic E-state index is 12.3. The molecule has 0 N–H and O–H groups in total. The molecule has 1 spiro atoms. The predicted molar refractivity (Wildman–Crippen MR) is 70.4 cm³/mol. The number of ether oxygens (including phenoxy) is 1. The molecule has 3 rings (SSSR count). The summed E-state index contributed by atoms with van der Waals surface area (Å²) in [5, 5.41) is 2.01. The normalized spacial score (nSPS) is 20.8. The molecule has 0 radical (unpaired) electrons. The standard InChI is InChI=1S/C12H15NO2S2/c1-2-3-5-17-13-11(14)9-4-6-16-10(9)12(13)7-15-8-12/h4,6H,2-3,5,7-8H2,1H3. The van der Waals surface area contributed by atoms with E-state index in [0.717, 1.165) is 17.7 Å². The Morgan fingerprint density at radius 3 is 3.06 bits per heavy atom. The van der Waals surface area contributed by atoms with Gasteiger partial charge in [0.05, 0.1) is 18.8 Å². The number of nitrogens with zero attached hydrogens (tertiary/aromatic N) is 1. The lowest BCUT2D eigenvalue weighted by molar-refractivity contribution is -0.0959. The monoisotopic (exact) mass is 269 g/mol. The summed E-state index contributed by atoms with van der Waals surface area (Å²) in [7, 11) is 0. The minimum atomic E-state index is -0.140. The lowest BCUT2D eigenvalue weighted by Gasteiger charge is -2.44. The van der Waals surface area contributed by atoms with Gasteiger partial charge in [-0.1, -0.05) is 13.3 Å². The van der Waals surface area contributed by atoms with Crippen molar-refractivity contribution in [3.63, 3.8) is 0 Å². The second kappa shape index (κ2) is 4.30. The quantitative estimate of drug-likeness (QED) is 0.622. The van der Waals surface area contributed by atoms with Crippen molar-refractivity contribution in [2.75, 3.05) is 19.0 Å². The van der Waals surface area contributed by atoms with Gasteiger partial charge in [-0.15, -0.1) is 11.3 Å². The van der Waals surface area contributed by atoms with E-state index >= 15 is 0 Å². The minimum absolute atomic E-state index is 0.140. The summed E-state index contributed by atoms with van der Waals surface area (Å²) in [5.41, 5.74) is 0.751. The summed E-state index contributed by atoms with van der Waals surface area (Å²) in [6.45, 7) is 3.49. The van der Waals surface area contributed by atoms with Gasteiger partial charge < -0.3 is 4.74 Å². The lowest BCUT2D eigenvalue weighted by atomic mass is 9.97. The van der Waals surface area contributed by atoms with Crippen LogP contribution in [0, 0.1) is 0 Å². The van der Waals surface area contributed by atoms with Crippen molar-refractivity contribution < 1.29 is 9.53 Å². The van der Waals surface area contributed by atoms with Crippen LogP contribution in [0.5, 0.6) is 0 Å². The molecule has 1 aromatic heterocycles. The zero-order chi connectivity index (χ0) is 11.9. The zero-order valence-corrected chi connectivity index (χ0v) is 11.4. The molecule has 0 unspecified atom stereocenters. The summed E-state index contributed by atoms with van der Waals surface area (Å²) in [4.78, 5) is 13.5. The van der Waals surface area contributed by atoms with E-state index in [9.17, 15) is 4.79 Å². The minimum Gasteiger partial charge on any atom is -0.376 e. The average molecular weight is 269 g/mol. The number of hydrogen-bond acceptors (Lipinski definition) is 4. The van der Waals surface area contributed by atoms with Crippen LogP contribution in [-0.2, 0) is 10.3 Å². The van der Waals surface area contributed by atoms with Gasteiger partial charge in [-0.2, -0.15) is 0 Å². The highest BCUT2D eigenvalue weighted by molar-refractivity contribution is 7.97. The van der Waals surface area contributed by atoms with Crippen molar-refractivity contribution in [3.8, 4) is 0 Å².